The molecule has 0 N–H and O–H groups in total. The summed E-state index contributed by atoms with van der Waals surface area (Å²) in [5.74, 6) is 3.48. The monoisotopic (exact) mass is 259 g/mol. The van der Waals surface area contributed by atoms with Crippen molar-refractivity contribution >= 4 is 29.7 Å². The van der Waals surface area contributed by atoms with Gasteiger partial charge in [0.1, 0.15) is 12.1 Å². The van der Waals surface area contributed by atoms with Gasteiger partial charge in [-0.3, -0.25) is 0 Å². The molecular formula is C14H17N3S. The maximum Gasteiger partial charge on any atom is 0.139 e. The van der Waals surface area contributed by atoms with Gasteiger partial charge in [0.25, 0.3) is 0 Å². The van der Waals surface area contributed by atoms with Gasteiger partial charge in [0.15, 0.2) is 0 Å². The van der Waals surface area contributed by atoms with Crippen molar-refractivity contribution in [1.82, 2.24) is 9.97 Å². The number of nitrogens with zero attached hydrogens (tertiary/aromatic N) is 3. The van der Waals surface area contributed by atoms with E-state index in [1.54, 1.807) is 6.33 Å². The number of hydrogen-bond donors (Lipinski definition) is 0. The van der Waals surface area contributed by atoms with Crippen molar-refractivity contribution in [2.24, 2.45) is 0 Å². The summed E-state index contributed by atoms with van der Waals surface area (Å²) in [6, 6.07) is 0. The van der Waals surface area contributed by atoms with Gasteiger partial charge in [-0.25, -0.2) is 9.97 Å². The first-order chi connectivity index (χ1) is 8.84. The molecule has 1 aromatic heterocycles. The van der Waals surface area contributed by atoms with Gasteiger partial charge in [-0.2, -0.15) is 11.8 Å². The molecule has 1 fully saturated rings. The van der Waals surface area contributed by atoms with Crippen LogP contribution in [0.15, 0.2) is 18.0 Å². The molecule has 0 radical (unpaired) electrons. The predicted octanol–water partition coefficient (Wildman–Crippen LogP) is 0.941. The lowest BCUT2D eigenvalue weighted by Gasteiger charge is -2.27. The Morgan fingerprint density at radius 3 is 2.83 bits per heavy atom. The van der Waals surface area contributed by atoms with Crippen molar-refractivity contribution in [3.8, 4) is 0 Å². The van der Waals surface area contributed by atoms with E-state index in [9.17, 15) is 0 Å². The quantitative estimate of drug-likeness (QED) is 0.750. The Morgan fingerprint density at radius 1 is 1.17 bits per heavy atom. The first-order valence-electron chi connectivity index (χ1n) is 6.36. The summed E-state index contributed by atoms with van der Waals surface area (Å²) in [4.78, 5) is 11.3. The number of thioether (sulfide) groups is 1. The largest absolute Gasteiger partial charge is 0.354 e. The van der Waals surface area contributed by atoms with Gasteiger partial charge in [-0.1, -0.05) is 17.7 Å². The van der Waals surface area contributed by atoms with Crippen molar-refractivity contribution < 1.29 is 0 Å². The van der Waals surface area contributed by atoms with Crippen LogP contribution >= 0.6 is 11.8 Å². The third-order valence-electron chi connectivity index (χ3n) is 3.36. The molecule has 1 aliphatic carbocycles. The molecule has 2 aliphatic rings. The Bertz CT molecular complexity index is 586. The maximum atomic E-state index is 4.51. The highest BCUT2D eigenvalue weighted by Crippen LogP contribution is 2.13. The second-order valence-electron chi connectivity index (χ2n) is 4.68. The molecule has 1 saturated heterocycles. The van der Waals surface area contributed by atoms with Crippen LogP contribution in [0.5, 0.6) is 0 Å². The number of hydrogen-bond acceptors (Lipinski definition) is 4. The average molecular weight is 259 g/mol. The Labute approximate surface area is 111 Å². The molecule has 4 heteroatoms. The lowest BCUT2D eigenvalue weighted by atomic mass is 10.2. The molecule has 0 amide bonds. The fraction of sp³-hybridized carbons (Fsp3) is 0.429. The number of anilines is 1. The van der Waals surface area contributed by atoms with Crippen molar-refractivity contribution in [3.63, 3.8) is 0 Å². The van der Waals surface area contributed by atoms with Crippen LogP contribution in [0.4, 0.5) is 5.82 Å². The molecule has 94 valence electrons. The average Bonchev–Trinajstić information content (AvgIpc) is 2.62. The number of rotatable bonds is 1. The van der Waals surface area contributed by atoms with Gasteiger partial charge in [0, 0.05) is 29.8 Å². The summed E-state index contributed by atoms with van der Waals surface area (Å²) in [5.41, 5.74) is 1.37. The summed E-state index contributed by atoms with van der Waals surface area (Å²) < 4.78 is 0. The fourth-order valence-electron chi connectivity index (χ4n) is 2.30. The third kappa shape index (κ3) is 2.29. The Balaban J connectivity index is 2.11. The molecule has 1 aromatic rings. The minimum Gasteiger partial charge on any atom is -0.354 e. The normalized spacial score (nSPS) is 19.2. The van der Waals surface area contributed by atoms with E-state index in [0.29, 0.717) is 0 Å². The molecule has 3 nitrogen and oxygen atoms in total. The minimum absolute atomic E-state index is 0.982. The van der Waals surface area contributed by atoms with Crippen LogP contribution in [0.3, 0.4) is 0 Å². The van der Waals surface area contributed by atoms with Crippen molar-refractivity contribution in [2.45, 2.75) is 13.3 Å². The summed E-state index contributed by atoms with van der Waals surface area (Å²) in [5, 5.41) is 2.26. The van der Waals surface area contributed by atoms with Gasteiger partial charge in [0.2, 0.25) is 0 Å². The highest BCUT2D eigenvalue weighted by atomic mass is 32.2. The lowest BCUT2D eigenvalue weighted by molar-refractivity contribution is 0.827. The first kappa shape index (κ1) is 11.8. The first-order valence-corrected chi connectivity index (χ1v) is 7.51. The van der Waals surface area contributed by atoms with Gasteiger partial charge in [-0.15, -0.1) is 0 Å². The smallest absolute Gasteiger partial charge is 0.139 e. The molecular weight excluding hydrogens is 242 g/mol. The molecule has 0 bridgehead atoms. The second kappa shape index (κ2) is 5.14. The Kier molecular flexibility index (Phi) is 3.37. The van der Waals surface area contributed by atoms with Crippen LogP contribution in [-0.2, 0) is 0 Å². The predicted molar refractivity (Wildman–Crippen MR) is 78.1 cm³/mol. The van der Waals surface area contributed by atoms with Crippen molar-refractivity contribution in [3.05, 3.63) is 28.5 Å². The van der Waals surface area contributed by atoms with Crippen LogP contribution in [0.1, 0.15) is 13.3 Å². The van der Waals surface area contributed by atoms with E-state index < -0.39 is 0 Å². The summed E-state index contributed by atoms with van der Waals surface area (Å²) in [6.07, 6.45) is 9.24. The van der Waals surface area contributed by atoms with Crippen LogP contribution in [0, 0.1) is 0 Å². The fourth-order valence-corrected chi connectivity index (χ4v) is 3.20. The third-order valence-corrected chi connectivity index (χ3v) is 4.30. The lowest BCUT2D eigenvalue weighted by Crippen LogP contribution is -2.41. The molecule has 3 rings (SSSR count). The van der Waals surface area contributed by atoms with E-state index in [-0.39, 0.29) is 0 Å². The van der Waals surface area contributed by atoms with E-state index in [0.717, 1.165) is 30.7 Å². The molecule has 0 atom stereocenters. The molecule has 0 saturated carbocycles. The SMILES string of the molecule is CC1=CC=c2c(N3CCSCC3)ncnc2=CC1. The van der Waals surface area contributed by atoms with Gasteiger partial charge in [-0.05, 0) is 19.4 Å². The van der Waals surface area contributed by atoms with Crippen LogP contribution in [0.2, 0.25) is 0 Å². The zero-order valence-electron chi connectivity index (χ0n) is 10.6. The van der Waals surface area contributed by atoms with E-state index >= 15 is 0 Å². The topological polar surface area (TPSA) is 29.0 Å². The Morgan fingerprint density at radius 2 is 2.00 bits per heavy atom. The minimum atomic E-state index is 0.982. The number of aromatic nitrogens is 2. The van der Waals surface area contributed by atoms with Crippen molar-refractivity contribution in [2.75, 3.05) is 29.5 Å². The maximum absolute atomic E-state index is 4.51. The van der Waals surface area contributed by atoms with Gasteiger partial charge in [0.05, 0.1) is 5.35 Å². The van der Waals surface area contributed by atoms with E-state index in [2.05, 4.69) is 40.0 Å². The van der Waals surface area contributed by atoms with E-state index in [1.165, 1.54) is 22.3 Å². The zero-order chi connectivity index (χ0) is 12.4. The summed E-state index contributed by atoms with van der Waals surface area (Å²) >= 11 is 2.02. The van der Waals surface area contributed by atoms with Crippen LogP contribution in [-0.4, -0.2) is 34.6 Å². The van der Waals surface area contributed by atoms with Crippen LogP contribution in [0.25, 0.3) is 12.2 Å². The van der Waals surface area contributed by atoms with Gasteiger partial charge >= 0.3 is 0 Å². The zero-order valence-corrected chi connectivity index (χ0v) is 11.4. The Hall–Kier alpha value is -1.29. The highest BCUT2D eigenvalue weighted by molar-refractivity contribution is 7.99. The van der Waals surface area contributed by atoms with Crippen LogP contribution < -0.4 is 15.5 Å². The molecule has 0 spiro atoms. The molecule has 0 aromatic carbocycles. The molecule has 2 heterocycles. The molecule has 1 aliphatic heterocycles. The molecule has 0 unspecified atom stereocenters. The van der Waals surface area contributed by atoms with E-state index in [4.69, 9.17) is 0 Å². The van der Waals surface area contributed by atoms with Crippen molar-refractivity contribution in [1.29, 1.82) is 0 Å². The van der Waals surface area contributed by atoms with E-state index in [1.807, 2.05) is 11.8 Å². The number of fused-ring (bicyclic) bond motifs is 1. The second-order valence-corrected chi connectivity index (χ2v) is 5.91. The summed E-state index contributed by atoms with van der Waals surface area (Å²) in [7, 11) is 0. The van der Waals surface area contributed by atoms with Gasteiger partial charge < -0.3 is 4.90 Å². The molecule has 18 heavy (non-hydrogen) atoms. The highest BCUT2D eigenvalue weighted by Gasteiger charge is 2.14. The number of allylic oxidation sites excluding steroid dienone is 2. The summed E-state index contributed by atoms with van der Waals surface area (Å²) in [6.45, 7) is 4.33. The standard InChI is InChI=1S/C14H17N3S/c1-11-2-4-12-13(5-3-11)15-10-16-14(12)17-6-8-18-9-7-17/h2,4-5,10H,3,6-9H2,1H3.